The number of oxime groups is 1. The number of nitrogens with one attached hydrogen (secondary N) is 2. The molecule has 46 heavy (non-hydrogen) atoms. The topological polar surface area (TPSA) is 109 Å². The van der Waals surface area contributed by atoms with Gasteiger partial charge in [-0.3, -0.25) is 9.36 Å². The van der Waals surface area contributed by atoms with Gasteiger partial charge in [0, 0.05) is 5.56 Å². The lowest BCUT2D eigenvalue weighted by atomic mass is 9.49. The van der Waals surface area contributed by atoms with E-state index in [2.05, 4.69) is 54.8 Å². The lowest BCUT2D eigenvalue weighted by Crippen LogP contribution is -2.58. The molecular formula is C36H46N3O5PS. The molecule has 0 aliphatic heterocycles. The normalized spacial score (nSPS) is 24.3. The van der Waals surface area contributed by atoms with Gasteiger partial charge in [-0.25, -0.2) is 0 Å². The van der Waals surface area contributed by atoms with Crippen molar-refractivity contribution in [3.63, 3.8) is 0 Å². The Hall–Kier alpha value is -3.10. The van der Waals surface area contributed by atoms with E-state index in [1.807, 2.05) is 49.4 Å². The molecule has 8 nitrogen and oxygen atoms in total. The van der Waals surface area contributed by atoms with E-state index in [1.165, 1.54) is 5.56 Å². The van der Waals surface area contributed by atoms with E-state index in [-0.39, 0.29) is 35.6 Å². The average molecular weight is 664 g/mol. The number of rotatable bonds is 9. The average Bonchev–Trinajstić information content (AvgIpc) is 3.03. The molecule has 0 spiro atoms. The van der Waals surface area contributed by atoms with Crippen LogP contribution in [0.2, 0.25) is 0 Å². The molecule has 2 aliphatic carbocycles. The van der Waals surface area contributed by atoms with E-state index in [4.69, 9.17) is 21.3 Å². The molecule has 0 aromatic heterocycles. The highest BCUT2D eigenvalue weighted by molar-refractivity contribution is 7.80. The van der Waals surface area contributed by atoms with E-state index in [0.29, 0.717) is 30.0 Å². The minimum Gasteiger partial charge on any atom is -0.411 e. The number of carbonyl (C=O) groups is 1. The quantitative estimate of drug-likeness (QED) is 0.0911. The van der Waals surface area contributed by atoms with Gasteiger partial charge in [0.25, 0.3) is 0 Å². The van der Waals surface area contributed by atoms with Crippen molar-refractivity contribution >= 4 is 47.3 Å². The third-order valence-corrected chi connectivity index (χ3v) is 12.6. The summed E-state index contributed by atoms with van der Waals surface area (Å²) < 4.78 is 25.7. The molecule has 0 saturated heterocycles. The molecule has 10 heteroatoms. The monoisotopic (exact) mass is 663 g/mol. The molecule has 4 atom stereocenters. The van der Waals surface area contributed by atoms with Crippen LogP contribution in [-0.2, 0) is 23.8 Å². The second-order valence-electron chi connectivity index (χ2n) is 13.3. The molecule has 3 N–H and O–H groups in total. The highest BCUT2D eigenvalue weighted by Gasteiger charge is 2.56. The van der Waals surface area contributed by atoms with Crippen LogP contribution in [0.4, 0.5) is 0 Å². The molecule has 0 radical (unpaired) electrons. The number of nitrogens with zero attached hydrogens (tertiary/aromatic N) is 1. The zero-order valence-corrected chi connectivity index (χ0v) is 29.3. The van der Waals surface area contributed by atoms with Gasteiger partial charge < -0.3 is 24.9 Å². The zero-order chi connectivity index (χ0) is 33.3. The largest absolute Gasteiger partial charge is 0.411 e. The van der Waals surface area contributed by atoms with Gasteiger partial charge >= 0.3 is 7.60 Å². The summed E-state index contributed by atoms with van der Waals surface area (Å²) in [6.45, 7) is 12.4. The molecule has 1 amide bonds. The fourth-order valence-corrected chi connectivity index (χ4v) is 9.85. The Morgan fingerprint density at radius 3 is 2.35 bits per heavy atom. The lowest BCUT2D eigenvalue weighted by molar-refractivity contribution is -0.136. The zero-order valence-electron chi connectivity index (χ0n) is 27.6. The number of thiocarbonyl (C=S) groups is 1. The Kier molecular flexibility index (Phi) is 10.1. The summed E-state index contributed by atoms with van der Waals surface area (Å²) in [6.07, 6.45) is 2.91. The van der Waals surface area contributed by atoms with Crippen molar-refractivity contribution in [2.45, 2.75) is 84.3 Å². The summed E-state index contributed by atoms with van der Waals surface area (Å²) in [5, 5.41) is 22.0. The van der Waals surface area contributed by atoms with Crippen LogP contribution in [0.5, 0.6) is 0 Å². The molecule has 246 valence electrons. The van der Waals surface area contributed by atoms with Crippen LogP contribution < -0.4 is 10.6 Å². The molecule has 1 fully saturated rings. The molecule has 1 unspecified atom stereocenters. The SMILES string of the molecule is CCOP(=O)(OCC)C(NC(=S)NC(=O)[C@]1(C)CCC[C@]2(C)c3ccc(C(C)C)cc3/C(=N\O)C[C@@H]12)c1ccc2ccccc2c1. The van der Waals surface area contributed by atoms with Crippen LogP contribution in [0.25, 0.3) is 10.8 Å². The number of hydrogen-bond acceptors (Lipinski definition) is 7. The minimum atomic E-state index is -3.76. The summed E-state index contributed by atoms with van der Waals surface area (Å²) in [5.41, 5.74) is 3.43. The van der Waals surface area contributed by atoms with E-state index in [9.17, 15) is 14.6 Å². The van der Waals surface area contributed by atoms with E-state index >= 15 is 0 Å². The van der Waals surface area contributed by atoms with Crippen molar-refractivity contribution in [2.24, 2.45) is 16.5 Å². The maximum absolute atomic E-state index is 14.3. The Labute approximate surface area is 277 Å². The van der Waals surface area contributed by atoms with Gasteiger partial charge in [-0.15, -0.1) is 0 Å². The molecular weight excluding hydrogens is 617 g/mol. The summed E-state index contributed by atoms with van der Waals surface area (Å²) in [7, 11) is -3.76. The van der Waals surface area contributed by atoms with Crippen molar-refractivity contribution in [2.75, 3.05) is 13.2 Å². The van der Waals surface area contributed by atoms with E-state index in [1.54, 1.807) is 13.8 Å². The fourth-order valence-electron chi connectivity index (χ4n) is 7.65. The van der Waals surface area contributed by atoms with Gasteiger partial charge in [-0.2, -0.15) is 0 Å². The van der Waals surface area contributed by atoms with Gasteiger partial charge in [0.15, 0.2) is 10.9 Å². The van der Waals surface area contributed by atoms with Crippen molar-refractivity contribution < 1.29 is 23.6 Å². The molecule has 0 bridgehead atoms. The van der Waals surface area contributed by atoms with Gasteiger partial charge in [-0.05, 0) is 102 Å². The maximum Gasteiger partial charge on any atom is 0.357 e. The Morgan fingerprint density at radius 1 is 1.02 bits per heavy atom. The number of hydrogen-bond donors (Lipinski definition) is 3. The third-order valence-electron chi connectivity index (χ3n) is 10.1. The predicted octanol–water partition coefficient (Wildman–Crippen LogP) is 8.56. The Morgan fingerprint density at radius 2 is 1.70 bits per heavy atom. The van der Waals surface area contributed by atoms with Gasteiger partial charge in [0.1, 0.15) is 0 Å². The number of fused-ring (bicyclic) bond motifs is 4. The molecule has 1 saturated carbocycles. The number of amides is 1. The number of benzene rings is 3. The van der Waals surface area contributed by atoms with Gasteiger partial charge in [0.05, 0.1) is 24.3 Å². The first-order valence-corrected chi connectivity index (χ1v) is 18.3. The molecule has 5 rings (SSSR count). The Bertz CT molecular complexity index is 1700. The first kappa shape index (κ1) is 34.2. The highest BCUT2D eigenvalue weighted by atomic mass is 32.1. The van der Waals surface area contributed by atoms with Crippen LogP contribution >= 0.6 is 19.8 Å². The van der Waals surface area contributed by atoms with Crippen molar-refractivity contribution in [1.29, 1.82) is 0 Å². The first-order chi connectivity index (χ1) is 21.9. The molecule has 3 aromatic carbocycles. The lowest BCUT2D eigenvalue weighted by Gasteiger charge is -2.54. The summed E-state index contributed by atoms with van der Waals surface area (Å²) in [5.74, 6) is -0.959. The van der Waals surface area contributed by atoms with Crippen LogP contribution in [0.1, 0.15) is 101 Å². The fraction of sp³-hybridized carbons (Fsp3) is 0.472. The smallest absolute Gasteiger partial charge is 0.357 e. The van der Waals surface area contributed by atoms with Gasteiger partial charge in [0.2, 0.25) is 5.91 Å². The minimum absolute atomic E-state index is 0.0464. The van der Waals surface area contributed by atoms with Crippen molar-refractivity contribution in [1.82, 2.24) is 10.6 Å². The third kappa shape index (κ3) is 6.27. The van der Waals surface area contributed by atoms with E-state index in [0.717, 1.165) is 34.7 Å². The first-order valence-electron chi connectivity index (χ1n) is 16.2. The second kappa shape index (κ2) is 13.6. The van der Waals surface area contributed by atoms with E-state index < -0.39 is 18.8 Å². The highest BCUT2D eigenvalue weighted by Crippen LogP contribution is 2.60. The van der Waals surface area contributed by atoms with Crippen molar-refractivity contribution in [3.8, 4) is 0 Å². The summed E-state index contributed by atoms with van der Waals surface area (Å²) in [6, 6.07) is 20.1. The summed E-state index contributed by atoms with van der Waals surface area (Å²) >= 11 is 5.74. The standard InChI is InChI=1S/C36H46N3O5PS/c1-7-43-45(42,44-8-2)32(27-15-14-24-12-9-10-13-26(24)20-27)37-34(46)38-33(40)36(6)19-11-18-35(5)29-17-16-25(23(3)4)21-28(29)30(39-41)22-31(35)36/h9-10,12-17,20-21,23,31-32,41H,7-8,11,18-19,22H2,1-6H3,(H2,37,38,40,46)/b39-30-/t31-,32?,35-,36-/m1/s1. The molecule has 2 aliphatic rings. The van der Waals surface area contributed by atoms with Gasteiger partial charge in [-0.1, -0.05) is 87.8 Å². The van der Waals surface area contributed by atoms with Crippen LogP contribution in [-0.4, -0.2) is 35.2 Å². The van der Waals surface area contributed by atoms with Crippen LogP contribution in [0.3, 0.4) is 0 Å². The predicted molar refractivity (Wildman–Crippen MR) is 188 cm³/mol. The maximum atomic E-state index is 14.3. The Balaban J connectivity index is 1.45. The van der Waals surface area contributed by atoms with Crippen molar-refractivity contribution in [3.05, 3.63) is 82.9 Å². The summed E-state index contributed by atoms with van der Waals surface area (Å²) in [4.78, 5) is 14.3. The molecule has 3 aromatic rings. The second-order valence-corrected chi connectivity index (χ2v) is 15.8. The molecule has 0 heterocycles. The number of carbonyl (C=O) groups excluding carboxylic acids is 1. The van der Waals surface area contributed by atoms with Crippen LogP contribution in [0, 0.1) is 11.3 Å². The van der Waals surface area contributed by atoms with Crippen LogP contribution in [0.15, 0.2) is 65.8 Å².